The molecule has 0 amide bonds. The lowest BCUT2D eigenvalue weighted by Crippen LogP contribution is -2.41. The Morgan fingerprint density at radius 3 is 2.48 bits per heavy atom. The van der Waals surface area contributed by atoms with Gasteiger partial charge in [-0.05, 0) is 64.1 Å². The van der Waals surface area contributed by atoms with Gasteiger partial charge in [0.15, 0.2) is 5.82 Å². The summed E-state index contributed by atoms with van der Waals surface area (Å²) in [4.78, 5) is 9.83. The summed E-state index contributed by atoms with van der Waals surface area (Å²) < 4.78 is 5.40. The molecule has 0 radical (unpaired) electrons. The fourth-order valence-corrected chi connectivity index (χ4v) is 4.16. The molecule has 23 heavy (non-hydrogen) atoms. The van der Waals surface area contributed by atoms with E-state index in [9.17, 15) is 0 Å². The summed E-state index contributed by atoms with van der Waals surface area (Å²) in [7, 11) is 0. The van der Waals surface area contributed by atoms with Gasteiger partial charge in [0.1, 0.15) is 0 Å². The van der Waals surface area contributed by atoms with Gasteiger partial charge in [0, 0.05) is 19.0 Å². The third kappa shape index (κ3) is 4.32. The standard InChI is InChI=1S/C18H30N4O/c1-2-4-10-21(9-3-1)12-15-6-5-11-22(13-15)14-17-19-18(23-20-17)16-7-8-16/h15-16H,1-14H2. The summed E-state index contributed by atoms with van der Waals surface area (Å²) in [6.45, 7) is 7.16. The molecule has 1 aromatic rings. The van der Waals surface area contributed by atoms with E-state index in [2.05, 4.69) is 19.9 Å². The normalized spacial score (nSPS) is 27.9. The first-order chi connectivity index (χ1) is 11.4. The molecule has 0 N–H and O–H groups in total. The highest BCUT2D eigenvalue weighted by molar-refractivity contribution is 5.01. The molecular formula is C18H30N4O. The monoisotopic (exact) mass is 318 g/mol. The first-order valence-corrected chi connectivity index (χ1v) is 9.64. The zero-order chi connectivity index (χ0) is 15.5. The molecule has 0 aromatic carbocycles. The van der Waals surface area contributed by atoms with Gasteiger partial charge in [-0.25, -0.2) is 0 Å². The van der Waals surface area contributed by atoms with Gasteiger partial charge in [-0.3, -0.25) is 4.90 Å². The molecule has 1 atom stereocenters. The van der Waals surface area contributed by atoms with Crippen molar-refractivity contribution in [2.75, 3.05) is 32.7 Å². The molecule has 2 aliphatic heterocycles. The third-order valence-corrected chi connectivity index (χ3v) is 5.59. The van der Waals surface area contributed by atoms with Gasteiger partial charge in [0.25, 0.3) is 0 Å². The average Bonchev–Trinajstić information content (AvgIpc) is 3.34. The van der Waals surface area contributed by atoms with Crippen LogP contribution in [0.4, 0.5) is 0 Å². The van der Waals surface area contributed by atoms with Gasteiger partial charge in [-0.15, -0.1) is 0 Å². The number of likely N-dealkylation sites (tertiary alicyclic amines) is 2. The molecule has 0 bridgehead atoms. The molecule has 3 fully saturated rings. The predicted molar refractivity (Wildman–Crippen MR) is 89.2 cm³/mol. The average molecular weight is 318 g/mol. The van der Waals surface area contributed by atoms with Crippen LogP contribution in [0.2, 0.25) is 0 Å². The molecular weight excluding hydrogens is 288 g/mol. The smallest absolute Gasteiger partial charge is 0.229 e. The first kappa shape index (κ1) is 15.6. The van der Waals surface area contributed by atoms with Crippen LogP contribution in [0.25, 0.3) is 0 Å². The summed E-state index contributed by atoms with van der Waals surface area (Å²) in [6, 6.07) is 0. The van der Waals surface area contributed by atoms with Gasteiger partial charge in [-0.2, -0.15) is 4.98 Å². The van der Waals surface area contributed by atoms with E-state index in [0.717, 1.165) is 24.2 Å². The maximum absolute atomic E-state index is 5.40. The SMILES string of the molecule is C1CCCN(CC2CCCN(Cc3noc(C4CC4)n3)C2)CC1. The van der Waals surface area contributed by atoms with Gasteiger partial charge in [0.05, 0.1) is 6.54 Å². The van der Waals surface area contributed by atoms with Crippen molar-refractivity contribution in [3.63, 3.8) is 0 Å². The zero-order valence-electron chi connectivity index (χ0n) is 14.3. The van der Waals surface area contributed by atoms with E-state index in [-0.39, 0.29) is 0 Å². The minimum Gasteiger partial charge on any atom is -0.339 e. The Morgan fingerprint density at radius 1 is 0.913 bits per heavy atom. The number of aromatic nitrogens is 2. The van der Waals surface area contributed by atoms with Crippen LogP contribution >= 0.6 is 0 Å². The number of rotatable bonds is 5. The van der Waals surface area contributed by atoms with Crippen LogP contribution in [0.1, 0.15) is 69.0 Å². The highest BCUT2D eigenvalue weighted by Gasteiger charge is 2.30. The minimum atomic E-state index is 0.563. The molecule has 3 aliphatic rings. The van der Waals surface area contributed by atoms with E-state index in [0.29, 0.717) is 5.92 Å². The number of nitrogens with zero attached hydrogens (tertiary/aromatic N) is 4. The summed E-state index contributed by atoms with van der Waals surface area (Å²) >= 11 is 0. The van der Waals surface area contributed by atoms with E-state index in [1.807, 2.05) is 0 Å². The van der Waals surface area contributed by atoms with Crippen molar-refractivity contribution in [2.45, 2.75) is 63.8 Å². The number of hydrogen-bond acceptors (Lipinski definition) is 5. The lowest BCUT2D eigenvalue weighted by molar-refractivity contribution is 0.126. The fourth-order valence-electron chi connectivity index (χ4n) is 4.16. The number of piperidine rings is 1. The zero-order valence-corrected chi connectivity index (χ0v) is 14.3. The van der Waals surface area contributed by atoms with Crippen molar-refractivity contribution < 1.29 is 4.52 Å². The summed E-state index contributed by atoms with van der Waals surface area (Å²) in [5.74, 6) is 3.14. The van der Waals surface area contributed by atoms with Crippen molar-refractivity contribution in [3.05, 3.63) is 11.7 Å². The van der Waals surface area contributed by atoms with E-state index in [1.54, 1.807) is 0 Å². The Kier molecular flexibility index (Phi) is 4.95. The van der Waals surface area contributed by atoms with E-state index < -0.39 is 0 Å². The molecule has 5 nitrogen and oxygen atoms in total. The van der Waals surface area contributed by atoms with Crippen LogP contribution < -0.4 is 0 Å². The van der Waals surface area contributed by atoms with Gasteiger partial charge in [-0.1, -0.05) is 18.0 Å². The van der Waals surface area contributed by atoms with Gasteiger partial charge < -0.3 is 9.42 Å². The molecule has 5 heteroatoms. The Morgan fingerprint density at radius 2 is 1.70 bits per heavy atom. The molecule has 1 unspecified atom stereocenters. The highest BCUT2D eigenvalue weighted by Crippen LogP contribution is 2.38. The van der Waals surface area contributed by atoms with Crippen LogP contribution in [0.15, 0.2) is 4.52 Å². The molecule has 3 heterocycles. The molecule has 1 aromatic heterocycles. The summed E-state index contributed by atoms with van der Waals surface area (Å²) in [5, 5.41) is 4.19. The maximum Gasteiger partial charge on any atom is 0.229 e. The second-order valence-corrected chi connectivity index (χ2v) is 7.78. The second-order valence-electron chi connectivity index (χ2n) is 7.78. The largest absolute Gasteiger partial charge is 0.339 e. The molecule has 128 valence electrons. The third-order valence-electron chi connectivity index (χ3n) is 5.59. The lowest BCUT2D eigenvalue weighted by atomic mass is 9.97. The van der Waals surface area contributed by atoms with E-state index in [4.69, 9.17) is 4.52 Å². The lowest BCUT2D eigenvalue weighted by Gasteiger charge is -2.34. The highest BCUT2D eigenvalue weighted by atomic mass is 16.5. The summed E-state index contributed by atoms with van der Waals surface area (Å²) in [6.07, 6.45) is 10.8. The van der Waals surface area contributed by atoms with Crippen LogP contribution in [0, 0.1) is 5.92 Å². The molecule has 0 spiro atoms. The molecule has 4 rings (SSSR count). The maximum atomic E-state index is 5.40. The second kappa shape index (κ2) is 7.31. The molecule has 1 saturated carbocycles. The predicted octanol–water partition coefficient (Wildman–Crippen LogP) is 3.04. The van der Waals surface area contributed by atoms with Crippen LogP contribution in [-0.2, 0) is 6.54 Å². The van der Waals surface area contributed by atoms with Crippen molar-refractivity contribution in [3.8, 4) is 0 Å². The van der Waals surface area contributed by atoms with Crippen LogP contribution in [-0.4, -0.2) is 52.7 Å². The van der Waals surface area contributed by atoms with Crippen molar-refractivity contribution in [1.29, 1.82) is 0 Å². The number of hydrogen-bond donors (Lipinski definition) is 0. The summed E-state index contributed by atoms with van der Waals surface area (Å²) in [5.41, 5.74) is 0. The quantitative estimate of drug-likeness (QED) is 0.835. The Bertz CT molecular complexity index is 491. The minimum absolute atomic E-state index is 0.563. The van der Waals surface area contributed by atoms with Crippen LogP contribution in [0.3, 0.4) is 0 Å². The topological polar surface area (TPSA) is 45.4 Å². The van der Waals surface area contributed by atoms with Gasteiger partial charge >= 0.3 is 0 Å². The fraction of sp³-hybridized carbons (Fsp3) is 0.889. The van der Waals surface area contributed by atoms with Crippen LogP contribution in [0.5, 0.6) is 0 Å². The van der Waals surface area contributed by atoms with Crippen molar-refractivity contribution in [1.82, 2.24) is 19.9 Å². The Labute approximate surface area is 139 Å². The molecule has 2 saturated heterocycles. The van der Waals surface area contributed by atoms with Crippen molar-refractivity contribution in [2.24, 2.45) is 5.92 Å². The Balaban J connectivity index is 1.27. The van der Waals surface area contributed by atoms with Gasteiger partial charge in [0.2, 0.25) is 5.89 Å². The first-order valence-electron chi connectivity index (χ1n) is 9.64. The van der Waals surface area contributed by atoms with Crippen molar-refractivity contribution >= 4 is 0 Å². The van der Waals surface area contributed by atoms with E-state index in [1.165, 1.54) is 84.1 Å². The Hall–Kier alpha value is -0.940. The molecule has 1 aliphatic carbocycles. The van der Waals surface area contributed by atoms with E-state index >= 15 is 0 Å².